The summed E-state index contributed by atoms with van der Waals surface area (Å²) in [4.78, 5) is 27.1. The van der Waals surface area contributed by atoms with Crippen molar-refractivity contribution in [2.24, 2.45) is 5.41 Å². The van der Waals surface area contributed by atoms with Gasteiger partial charge in [0.25, 0.3) is 0 Å². The first-order valence-electron chi connectivity index (χ1n) is 9.82. The molecule has 0 spiro atoms. The van der Waals surface area contributed by atoms with Gasteiger partial charge in [-0.15, -0.1) is 0 Å². The Balaban J connectivity index is 1.75. The van der Waals surface area contributed by atoms with E-state index >= 15 is 0 Å². The first-order chi connectivity index (χ1) is 13.0. The molecule has 3 rings (SSSR count). The van der Waals surface area contributed by atoms with Gasteiger partial charge in [0.05, 0.1) is 5.41 Å². The summed E-state index contributed by atoms with van der Waals surface area (Å²) in [5.74, 6) is 0.0129. The predicted molar refractivity (Wildman–Crippen MR) is 105 cm³/mol. The lowest BCUT2D eigenvalue weighted by atomic mass is 9.71. The maximum atomic E-state index is 13.4. The monoisotopic (exact) mass is 370 g/mol. The van der Waals surface area contributed by atoms with Crippen LogP contribution in [0.1, 0.15) is 38.2 Å². The van der Waals surface area contributed by atoms with Gasteiger partial charge < -0.3 is 15.0 Å². The minimum atomic E-state index is -0.583. The smallest absolute Gasteiger partial charge is 0.245 e. The standard InChI is InChI=1S/C22H30N2O3/c1-3-19(25)24-13-9-22(10-14-24,18-7-5-4-6-8-18)20(26)23-17-21(2)11-15-27-16-12-21/h3-8H,1,9-17H2,2H3,(H,23,26). The Labute approximate surface area is 161 Å². The number of piperidine rings is 1. The molecule has 5 nitrogen and oxygen atoms in total. The van der Waals surface area contributed by atoms with Crippen LogP contribution in [0.15, 0.2) is 43.0 Å². The molecule has 2 aliphatic rings. The Morgan fingerprint density at radius 3 is 2.37 bits per heavy atom. The minimum absolute atomic E-state index is 0.0632. The van der Waals surface area contributed by atoms with E-state index in [1.807, 2.05) is 30.3 Å². The van der Waals surface area contributed by atoms with Crippen molar-refractivity contribution < 1.29 is 14.3 Å². The van der Waals surface area contributed by atoms with Crippen LogP contribution in [0.2, 0.25) is 0 Å². The van der Waals surface area contributed by atoms with Crippen LogP contribution in [0, 0.1) is 5.41 Å². The van der Waals surface area contributed by atoms with Gasteiger partial charge >= 0.3 is 0 Å². The fourth-order valence-corrected chi connectivity index (χ4v) is 4.15. The zero-order valence-corrected chi connectivity index (χ0v) is 16.2. The summed E-state index contributed by atoms with van der Waals surface area (Å²) in [5, 5.41) is 3.24. The topological polar surface area (TPSA) is 58.6 Å². The van der Waals surface area contributed by atoms with Crippen LogP contribution in [0.3, 0.4) is 0 Å². The molecule has 0 aromatic heterocycles. The number of hydrogen-bond acceptors (Lipinski definition) is 3. The molecule has 0 unspecified atom stereocenters. The second kappa shape index (κ2) is 8.26. The normalized spacial score (nSPS) is 21.3. The van der Waals surface area contributed by atoms with Crippen LogP contribution in [0.4, 0.5) is 0 Å². The van der Waals surface area contributed by atoms with Gasteiger partial charge in [-0.1, -0.05) is 43.8 Å². The van der Waals surface area contributed by atoms with E-state index < -0.39 is 5.41 Å². The third-order valence-electron chi connectivity index (χ3n) is 6.24. The van der Waals surface area contributed by atoms with E-state index in [0.717, 1.165) is 31.6 Å². The second-order valence-electron chi connectivity index (χ2n) is 8.08. The van der Waals surface area contributed by atoms with Gasteiger partial charge in [-0.25, -0.2) is 0 Å². The minimum Gasteiger partial charge on any atom is -0.381 e. The molecular weight excluding hydrogens is 340 g/mol. The molecule has 146 valence electrons. The van der Waals surface area contributed by atoms with E-state index in [4.69, 9.17) is 4.74 Å². The number of nitrogens with zero attached hydrogens (tertiary/aromatic N) is 1. The van der Waals surface area contributed by atoms with Crippen LogP contribution < -0.4 is 5.32 Å². The van der Waals surface area contributed by atoms with Crippen molar-refractivity contribution in [1.82, 2.24) is 10.2 Å². The molecule has 0 saturated carbocycles. The fourth-order valence-electron chi connectivity index (χ4n) is 4.15. The quantitative estimate of drug-likeness (QED) is 0.811. The molecule has 1 aromatic rings. The molecule has 0 radical (unpaired) electrons. The van der Waals surface area contributed by atoms with E-state index in [1.165, 1.54) is 6.08 Å². The number of carbonyl (C=O) groups excluding carboxylic acids is 2. The molecular formula is C22H30N2O3. The number of rotatable bonds is 5. The third kappa shape index (κ3) is 4.24. The lowest BCUT2D eigenvalue weighted by molar-refractivity contribution is -0.134. The molecule has 2 fully saturated rings. The Hall–Kier alpha value is -2.14. The van der Waals surface area contributed by atoms with E-state index in [1.54, 1.807) is 4.90 Å². The largest absolute Gasteiger partial charge is 0.381 e. The van der Waals surface area contributed by atoms with Crippen LogP contribution in [-0.4, -0.2) is 49.6 Å². The summed E-state index contributed by atoms with van der Waals surface area (Å²) in [7, 11) is 0. The zero-order chi connectivity index (χ0) is 19.3. The number of benzene rings is 1. The Kier molecular flexibility index (Phi) is 6.00. The molecule has 0 bridgehead atoms. The predicted octanol–water partition coefficient (Wildman–Crippen LogP) is 2.67. The van der Waals surface area contributed by atoms with Crippen LogP contribution in [0.5, 0.6) is 0 Å². The maximum absolute atomic E-state index is 13.4. The van der Waals surface area contributed by atoms with Gasteiger partial charge in [-0.3, -0.25) is 9.59 Å². The molecule has 0 aliphatic carbocycles. The van der Waals surface area contributed by atoms with E-state index in [0.29, 0.717) is 32.5 Å². The van der Waals surface area contributed by atoms with Crippen LogP contribution in [0.25, 0.3) is 0 Å². The summed E-state index contributed by atoms with van der Waals surface area (Å²) in [6.45, 7) is 9.11. The first kappa shape index (κ1) is 19.6. The molecule has 5 heteroatoms. The van der Waals surface area contributed by atoms with Crippen molar-refractivity contribution >= 4 is 11.8 Å². The van der Waals surface area contributed by atoms with Gasteiger partial charge in [0.1, 0.15) is 0 Å². The summed E-state index contributed by atoms with van der Waals surface area (Å²) < 4.78 is 5.46. The molecule has 1 aromatic carbocycles. The average Bonchev–Trinajstić information content (AvgIpc) is 2.72. The number of nitrogens with one attached hydrogen (secondary N) is 1. The first-order valence-corrected chi connectivity index (χ1v) is 9.82. The summed E-state index contributed by atoms with van der Waals surface area (Å²) in [6.07, 6.45) is 4.53. The van der Waals surface area contributed by atoms with Gasteiger partial charge in [-0.2, -0.15) is 0 Å². The van der Waals surface area contributed by atoms with Gasteiger partial charge in [0, 0.05) is 32.8 Å². The van der Waals surface area contributed by atoms with E-state index in [2.05, 4.69) is 18.8 Å². The summed E-state index contributed by atoms with van der Waals surface area (Å²) >= 11 is 0. The van der Waals surface area contributed by atoms with Gasteiger partial charge in [0.15, 0.2) is 0 Å². The highest BCUT2D eigenvalue weighted by Crippen LogP contribution is 2.37. The fraction of sp³-hybridized carbons (Fsp3) is 0.545. The van der Waals surface area contributed by atoms with Gasteiger partial charge in [0.2, 0.25) is 11.8 Å². The maximum Gasteiger partial charge on any atom is 0.245 e. The Bertz CT molecular complexity index is 672. The SMILES string of the molecule is C=CC(=O)N1CCC(C(=O)NCC2(C)CCOCC2)(c2ccccc2)CC1. The number of amides is 2. The van der Waals surface area contributed by atoms with Crippen molar-refractivity contribution in [3.05, 3.63) is 48.6 Å². The van der Waals surface area contributed by atoms with Crippen LogP contribution in [-0.2, 0) is 19.7 Å². The third-order valence-corrected chi connectivity index (χ3v) is 6.24. The molecule has 2 aliphatic heterocycles. The Morgan fingerprint density at radius 2 is 1.78 bits per heavy atom. The molecule has 2 saturated heterocycles. The van der Waals surface area contributed by atoms with E-state index in [9.17, 15) is 9.59 Å². The van der Waals surface area contributed by atoms with Crippen molar-refractivity contribution in [3.8, 4) is 0 Å². The second-order valence-corrected chi connectivity index (χ2v) is 8.08. The van der Waals surface area contributed by atoms with Crippen molar-refractivity contribution in [1.29, 1.82) is 0 Å². The lowest BCUT2D eigenvalue weighted by Crippen LogP contribution is -2.54. The highest BCUT2D eigenvalue weighted by atomic mass is 16.5. The molecule has 2 heterocycles. The summed E-state index contributed by atoms with van der Waals surface area (Å²) in [6, 6.07) is 9.98. The molecule has 0 atom stereocenters. The van der Waals surface area contributed by atoms with Crippen LogP contribution >= 0.6 is 0 Å². The van der Waals surface area contributed by atoms with Crippen molar-refractivity contribution in [3.63, 3.8) is 0 Å². The Morgan fingerprint density at radius 1 is 1.15 bits per heavy atom. The zero-order valence-electron chi connectivity index (χ0n) is 16.2. The highest BCUT2D eigenvalue weighted by Gasteiger charge is 2.44. The number of hydrogen-bond donors (Lipinski definition) is 1. The number of likely N-dealkylation sites (tertiary alicyclic amines) is 1. The van der Waals surface area contributed by atoms with E-state index in [-0.39, 0.29) is 17.2 Å². The summed E-state index contributed by atoms with van der Waals surface area (Å²) in [5.41, 5.74) is 0.539. The van der Waals surface area contributed by atoms with Gasteiger partial charge in [-0.05, 0) is 42.7 Å². The molecule has 2 amide bonds. The highest BCUT2D eigenvalue weighted by molar-refractivity contribution is 5.90. The number of carbonyl (C=O) groups is 2. The van der Waals surface area contributed by atoms with Crippen molar-refractivity contribution in [2.45, 2.75) is 38.0 Å². The van der Waals surface area contributed by atoms with Crippen molar-refractivity contribution in [2.75, 3.05) is 32.8 Å². The lowest BCUT2D eigenvalue weighted by Gasteiger charge is -2.42. The number of ether oxygens (including phenoxy) is 1. The average molecular weight is 370 g/mol. The molecule has 27 heavy (non-hydrogen) atoms. The molecule has 1 N–H and O–H groups in total.